The molecule has 2 aromatic carbocycles. The second-order valence-corrected chi connectivity index (χ2v) is 13.6. The van der Waals surface area contributed by atoms with Crippen LogP contribution in [0.3, 0.4) is 0 Å². The van der Waals surface area contributed by atoms with Gasteiger partial charge in [-0.15, -0.1) is 0 Å². The number of benzene rings is 2. The van der Waals surface area contributed by atoms with Gasteiger partial charge in [-0.05, 0) is 92.5 Å². The lowest BCUT2D eigenvalue weighted by Gasteiger charge is -2.42. The molecule has 0 atom stereocenters. The smallest absolute Gasteiger partial charge is 0.253 e. The van der Waals surface area contributed by atoms with Gasteiger partial charge in [-0.2, -0.15) is 0 Å². The number of likely N-dealkylation sites (tertiary alicyclic amines) is 1. The molecular weight excluding hydrogens is 590 g/mol. The number of hydrogen-bond donors (Lipinski definition) is 2. The summed E-state index contributed by atoms with van der Waals surface area (Å²) in [5.74, 6) is 0.572. The molecule has 0 saturated carbocycles. The predicted molar refractivity (Wildman–Crippen MR) is 187 cm³/mol. The van der Waals surface area contributed by atoms with E-state index in [1.807, 2.05) is 32.9 Å². The van der Waals surface area contributed by atoms with Gasteiger partial charge in [-0.25, -0.2) is 0 Å². The first-order chi connectivity index (χ1) is 22.8. The molecule has 0 radical (unpaired) electrons. The third-order valence-electron chi connectivity index (χ3n) is 10.2. The van der Waals surface area contributed by atoms with Crippen LogP contribution in [0.25, 0.3) is 11.1 Å². The van der Waals surface area contributed by atoms with Crippen molar-refractivity contribution in [3.63, 3.8) is 0 Å². The first kappa shape index (κ1) is 33.4. The van der Waals surface area contributed by atoms with E-state index in [0.717, 1.165) is 118 Å². The highest BCUT2D eigenvalue weighted by Crippen LogP contribution is 2.34. The number of pyridine rings is 1. The van der Waals surface area contributed by atoms with Gasteiger partial charge in [0, 0.05) is 94.1 Å². The summed E-state index contributed by atoms with van der Waals surface area (Å²) in [6.45, 7) is 18.8. The van der Waals surface area contributed by atoms with Gasteiger partial charge in [-0.1, -0.05) is 24.3 Å². The molecular formula is C38H51N5O4. The number of nitrogens with zero attached hydrogens (tertiary/aromatic N) is 3. The molecule has 3 fully saturated rings. The quantitative estimate of drug-likeness (QED) is 0.315. The molecule has 1 aromatic heterocycles. The molecule has 9 nitrogen and oxygen atoms in total. The molecule has 252 valence electrons. The normalized spacial score (nSPS) is 18.2. The molecule has 47 heavy (non-hydrogen) atoms. The van der Waals surface area contributed by atoms with E-state index in [4.69, 9.17) is 9.47 Å². The molecule has 0 bridgehead atoms. The van der Waals surface area contributed by atoms with Crippen LogP contribution >= 0.6 is 0 Å². The summed E-state index contributed by atoms with van der Waals surface area (Å²) < 4.78 is 11.2. The van der Waals surface area contributed by atoms with Crippen molar-refractivity contribution in [2.45, 2.75) is 59.7 Å². The highest BCUT2D eigenvalue weighted by atomic mass is 16.5. The van der Waals surface area contributed by atoms with Crippen LogP contribution in [0, 0.1) is 26.7 Å². The number of hydrogen-bond acceptors (Lipinski definition) is 7. The molecule has 0 unspecified atom stereocenters. The number of carbonyl (C=O) groups is 1. The topological polar surface area (TPSA) is 90.1 Å². The highest BCUT2D eigenvalue weighted by Gasteiger charge is 2.29. The van der Waals surface area contributed by atoms with Crippen LogP contribution in [-0.4, -0.2) is 92.4 Å². The van der Waals surface area contributed by atoms with Crippen molar-refractivity contribution in [3.05, 3.63) is 86.3 Å². The molecule has 1 amide bonds. The van der Waals surface area contributed by atoms with E-state index in [2.05, 4.69) is 62.3 Å². The number of anilines is 1. The highest BCUT2D eigenvalue weighted by molar-refractivity contribution is 5.99. The number of H-pyrrole nitrogens is 1. The van der Waals surface area contributed by atoms with Gasteiger partial charge in [0.1, 0.15) is 0 Å². The number of carbonyl (C=O) groups excluding carboxylic acids is 1. The number of amides is 1. The lowest BCUT2D eigenvalue weighted by Crippen LogP contribution is -2.52. The first-order valence-electron chi connectivity index (χ1n) is 17.4. The Morgan fingerprint density at radius 2 is 1.64 bits per heavy atom. The average molecular weight is 642 g/mol. The van der Waals surface area contributed by atoms with E-state index in [9.17, 15) is 9.59 Å². The Hall–Kier alpha value is -3.50. The fourth-order valence-corrected chi connectivity index (χ4v) is 7.52. The number of aryl methyl sites for hydroxylation is 2. The summed E-state index contributed by atoms with van der Waals surface area (Å²) in [6, 6.07) is 15.4. The second-order valence-electron chi connectivity index (χ2n) is 13.6. The maximum atomic E-state index is 13.8. The number of rotatable bonds is 11. The van der Waals surface area contributed by atoms with Gasteiger partial charge in [0.2, 0.25) is 0 Å². The fraction of sp³-hybridized carbons (Fsp3) is 0.526. The minimum absolute atomic E-state index is 0.156. The Morgan fingerprint density at radius 3 is 2.32 bits per heavy atom. The Bertz CT molecular complexity index is 1580. The van der Waals surface area contributed by atoms with E-state index in [0.29, 0.717) is 17.2 Å². The first-order valence-corrected chi connectivity index (χ1v) is 17.4. The van der Waals surface area contributed by atoms with Crippen LogP contribution in [0.2, 0.25) is 0 Å². The van der Waals surface area contributed by atoms with Gasteiger partial charge in [-0.3, -0.25) is 19.4 Å². The lowest BCUT2D eigenvalue weighted by molar-refractivity contribution is 0.00403. The zero-order valence-electron chi connectivity index (χ0n) is 28.6. The summed E-state index contributed by atoms with van der Waals surface area (Å²) in [5.41, 5.74) is 8.21. The minimum atomic E-state index is -0.172. The molecule has 3 aliphatic rings. The Balaban J connectivity index is 1.21. The molecule has 0 spiro atoms. The van der Waals surface area contributed by atoms with E-state index in [1.165, 1.54) is 12.1 Å². The van der Waals surface area contributed by atoms with Crippen molar-refractivity contribution < 1.29 is 14.3 Å². The molecule has 3 saturated heterocycles. The standard InChI is InChI=1S/C38H51N5O4/c1-5-43(33-10-14-46-15-11-33)36-20-32(19-34(28(36)4)37(44)39-21-35-26(2)18-27(3)40-38(35)45)31-8-6-29(7-9-31)22-42-24-30(25-42)23-41-12-16-47-17-13-41/h6-9,18-20,30,33H,5,10-17,21-25H2,1-4H3,(H,39,44)(H,40,45). The Labute approximate surface area is 279 Å². The van der Waals surface area contributed by atoms with Gasteiger partial charge in [0.05, 0.1) is 13.2 Å². The maximum absolute atomic E-state index is 13.8. The van der Waals surface area contributed by atoms with Crippen molar-refractivity contribution in [1.29, 1.82) is 0 Å². The Morgan fingerprint density at radius 1 is 0.936 bits per heavy atom. The van der Waals surface area contributed by atoms with Crippen molar-refractivity contribution in [3.8, 4) is 11.1 Å². The van der Waals surface area contributed by atoms with Crippen molar-refractivity contribution >= 4 is 11.6 Å². The molecule has 2 N–H and O–H groups in total. The zero-order valence-corrected chi connectivity index (χ0v) is 28.6. The summed E-state index contributed by atoms with van der Waals surface area (Å²) >= 11 is 0. The van der Waals surface area contributed by atoms with Crippen LogP contribution in [0.5, 0.6) is 0 Å². The van der Waals surface area contributed by atoms with Crippen LogP contribution in [0.1, 0.15) is 58.1 Å². The predicted octanol–water partition coefficient (Wildman–Crippen LogP) is 4.67. The molecule has 6 rings (SSSR count). The summed E-state index contributed by atoms with van der Waals surface area (Å²) in [6.07, 6.45) is 1.93. The second kappa shape index (κ2) is 15.2. The third-order valence-corrected chi connectivity index (χ3v) is 10.2. The Kier molecular flexibility index (Phi) is 10.8. The van der Waals surface area contributed by atoms with Crippen LogP contribution in [0.4, 0.5) is 5.69 Å². The van der Waals surface area contributed by atoms with E-state index >= 15 is 0 Å². The number of morpholine rings is 1. The van der Waals surface area contributed by atoms with Crippen LogP contribution in [0.15, 0.2) is 47.3 Å². The summed E-state index contributed by atoms with van der Waals surface area (Å²) in [7, 11) is 0. The van der Waals surface area contributed by atoms with Crippen molar-refractivity contribution in [1.82, 2.24) is 20.1 Å². The average Bonchev–Trinajstić information content (AvgIpc) is 3.05. The number of aromatic amines is 1. The van der Waals surface area contributed by atoms with Crippen molar-refractivity contribution in [2.75, 3.05) is 70.6 Å². The third kappa shape index (κ3) is 7.97. The van der Waals surface area contributed by atoms with E-state index in [1.54, 1.807) is 0 Å². The zero-order chi connectivity index (χ0) is 32.9. The van der Waals surface area contributed by atoms with Gasteiger partial charge in [0.25, 0.3) is 11.5 Å². The number of aromatic nitrogens is 1. The van der Waals surface area contributed by atoms with Crippen molar-refractivity contribution in [2.24, 2.45) is 5.92 Å². The molecule has 0 aliphatic carbocycles. The molecule has 3 aromatic rings. The largest absolute Gasteiger partial charge is 0.381 e. The summed E-state index contributed by atoms with van der Waals surface area (Å²) in [4.78, 5) is 36.9. The van der Waals surface area contributed by atoms with Gasteiger partial charge < -0.3 is 24.7 Å². The minimum Gasteiger partial charge on any atom is -0.381 e. The van der Waals surface area contributed by atoms with E-state index in [-0.39, 0.29) is 18.0 Å². The summed E-state index contributed by atoms with van der Waals surface area (Å²) in [5, 5.41) is 3.06. The fourth-order valence-electron chi connectivity index (χ4n) is 7.52. The number of nitrogens with one attached hydrogen (secondary N) is 2. The SMILES string of the molecule is CCN(c1cc(-c2ccc(CN3CC(CN4CCOCC4)C3)cc2)cc(C(=O)NCc2c(C)cc(C)[nH]c2=O)c1C)C1CCOCC1. The molecule has 4 heterocycles. The molecule has 9 heteroatoms. The molecule has 3 aliphatic heterocycles. The lowest BCUT2D eigenvalue weighted by atomic mass is 9.94. The monoisotopic (exact) mass is 641 g/mol. The van der Waals surface area contributed by atoms with E-state index < -0.39 is 0 Å². The van der Waals surface area contributed by atoms with Crippen LogP contribution in [-0.2, 0) is 22.6 Å². The van der Waals surface area contributed by atoms with Gasteiger partial charge >= 0.3 is 0 Å². The van der Waals surface area contributed by atoms with Crippen LogP contribution < -0.4 is 15.8 Å². The number of ether oxygens (including phenoxy) is 2. The maximum Gasteiger partial charge on any atom is 0.253 e. The van der Waals surface area contributed by atoms with Gasteiger partial charge in [0.15, 0.2) is 0 Å².